The normalized spacial score (nSPS) is 20.6. The molecule has 3 aromatic rings. The van der Waals surface area contributed by atoms with Crippen molar-refractivity contribution in [2.75, 3.05) is 24.7 Å². The molecule has 0 aromatic heterocycles. The van der Waals surface area contributed by atoms with E-state index in [1.165, 1.54) is 6.08 Å². The van der Waals surface area contributed by atoms with Gasteiger partial charge in [-0.25, -0.2) is 4.79 Å². The van der Waals surface area contributed by atoms with Crippen molar-refractivity contribution in [3.63, 3.8) is 0 Å². The fourth-order valence-electron chi connectivity index (χ4n) is 4.63. The van der Waals surface area contributed by atoms with Gasteiger partial charge in [0.2, 0.25) is 0 Å². The van der Waals surface area contributed by atoms with E-state index in [2.05, 4.69) is 18.8 Å². The Hall–Kier alpha value is -3.14. The van der Waals surface area contributed by atoms with Crippen LogP contribution in [0.5, 0.6) is 0 Å². The van der Waals surface area contributed by atoms with Crippen molar-refractivity contribution in [3.8, 4) is 11.1 Å². The van der Waals surface area contributed by atoms with Gasteiger partial charge >= 0.3 is 6.09 Å². The minimum absolute atomic E-state index is 0.00155. The van der Waals surface area contributed by atoms with Crippen LogP contribution < -0.4 is 5.32 Å². The molecule has 3 aromatic carbocycles. The van der Waals surface area contributed by atoms with Crippen LogP contribution in [0.2, 0.25) is 0 Å². The Balaban J connectivity index is 1.49. The number of hydrogen-bond donors (Lipinski definition) is 3. The molecule has 1 heterocycles. The van der Waals surface area contributed by atoms with Gasteiger partial charge in [-0.05, 0) is 33.9 Å². The molecule has 1 fully saturated rings. The van der Waals surface area contributed by atoms with Gasteiger partial charge in [-0.15, -0.1) is 0 Å². The summed E-state index contributed by atoms with van der Waals surface area (Å²) in [7, 11) is 0. The second-order valence-corrected chi connectivity index (χ2v) is 10.8. The van der Waals surface area contributed by atoms with E-state index in [9.17, 15) is 15.0 Å². The molecule has 1 amide bonds. The second-order valence-electron chi connectivity index (χ2n) is 9.68. The molecule has 0 radical (unpaired) electrons. The number of rotatable bonds is 12. The first-order valence-electron chi connectivity index (χ1n) is 13.4. The highest BCUT2D eigenvalue weighted by atomic mass is 32.2. The van der Waals surface area contributed by atoms with Crippen LogP contribution in [-0.2, 0) is 27.4 Å². The Bertz CT molecular complexity index is 1230. The van der Waals surface area contributed by atoms with Gasteiger partial charge in [-0.1, -0.05) is 86.3 Å². The van der Waals surface area contributed by atoms with Gasteiger partial charge in [-0.3, -0.25) is 0 Å². The predicted octanol–water partition coefficient (Wildman–Crippen LogP) is 5.78. The van der Waals surface area contributed by atoms with Gasteiger partial charge in [0.25, 0.3) is 0 Å². The van der Waals surface area contributed by atoms with Crippen LogP contribution >= 0.6 is 11.8 Å². The summed E-state index contributed by atoms with van der Waals surface area (Å²) in [4.78, 5) is 11.8. The zero-order chi connectivity index (χ0) is 28.3. The Kier molecular flexibility index (Phi) is 11.2. The largest absolute Gasteiger partial charge is 0.445 e. The van der Waals surface area contributed by atoms with Crippen LogP contribution in [0.4, 0.5) is 4.79 Å². The van der Waals surface area contributed by atoms with Crippen molar-refractivity contribution in [1.29, 1.82) is 0 Å². The summed E-state index contributed by atoms with van der Waals surface area (Å²) >= 11 is 1.67. The van der Waals surface area contributed by atoms with Crippen LogP contribution in [0.1, 0.15) is 41.6 Å². The lowest BCUT2D eigenvalue weighted by molar-refractivity contribution is -0.268. The minimum Gasteiger partial charge on any atom is -0.445 e. The number of carbonyl (C=O) groups excluding carboxylic acids is 1. The van der Waals surface area contributed by atoms with Crippen molar-refractivity contribution in [1.82, 2.24) is 5.32 Å². The Morgan fingerprint density at radius 2 is 1.75 bits per heavy atom. The highest BCUT2D eigenvalue weighted by Gasteiger charge is 2.38. The van der Waals surface area contributed by atoms with E-state index >= 15 is 0 Å². The number of benzene rings is 3. The van der Waals surface area contributed by atoms with Crippen LogP contribution in [0.15, 0.2) is 85.5 Å². The maximum Gasteiger partial charge on any atom is 0.407 e. The minimum atomic E-state index is -0.537. The molecule has 0 bridgehead atoms. The quantitative estimate of drug-likeness (QED) is 0.190. The van der Waals surface area contributed by atoms with E-state index in [0.29, 0.717) is 12.3 Å². The third-order valence-electron chi connectivity index (χ3n) is 6.85. The second kappa shape index (κ2) is 15.0. The smallest absolute Gasteiger partial charge is 0.407 e. The maximum atomic E-state index is 11.8. The highest BCUT2D eigenvalue weighted by molar-refractivity contribution is 7.99. The number of amides is 1. The van der Waals surface area contributed by atoms with Crippen LogP contribution in [0.3, 0.4) is 0 Å². The molecule has 0 saturated carbocycles. The summed E-state index contributed by atoms with van der Waals surface area (Å²) < 4.78 is 18.0. The van der Waals surface area contributed by atoms with E-state index in [4.69, 9.17) is 14.2 Å². The molecule has 8 heteroatoms. The first-order chi connectivity index (χ1) is 19.5. The molecular formula is C32H37NO6S. The fourth-order valence-corrected chi connectivity index (χ4v) is 5.54. The summed E-state index contributed by atoms with van der Waals surface area (Å²) in [5.41, 5.74) is 5.86. The molecule has 0 unspecified atom stereocenters. The van der Waals surface area contributed by atoms with E-state index < -0.39 is 12.4 Å². The third-order valence-corrected chi connectivity index (χ3v) is 7.89. The zero-order valence-corrected chi connectivity index (χ0v) is 23.5. The molecule has 0 aliphatic carbocycles. The van der Waals surface area contributed by atoms with Gasteiger partial charge in [0, 0.05) is 29.5 Å². The number of aliphatic hydroxyl groups excluding tert-OH is 2. The van der Waals surface area contributed by atoms with Crippen LogP contribution in [0, 0.1) is 5.92 Å². The monoisotopic (exact) mass is 563 g/mol. The van der Waals surface area contributed by atoms with Crippen molar-refractivity contribution >= 4 is 17.9 Å². The molecule has 1 aliphatic rings. The zero-order valence-electron chi connectivity index (χ0n) is 22.7. The number of carbonyl (C=O) groups is 1. The molecule has 7 nitrogen and oxygen atoms in total. The summed E-state index contributed by atoms with van der Waals surface area (Å²) in [6, 6.07) is 24.0. The molecule has 1 aliphatic heterocycles. The first-order valence-corrected chi connectivity index (χ1v) is 14.6. The lowest BCUT2D eigenvalue weighted by Crippen LogP contribution is -2.38. The maximum absolute atomic E-state index is 11.8. The van der Waals surface area contributed by atoms with E-state index in [0.717, 1.165) is 39.1 Å². The molecule has 0 spiro atoms. The number of nitrogens with one attached hydrogen (secondary N) is 1. The van der Waals surface area contributed by atoms with Crippen molar-refractivity contribution in [3.05, 3.63) is 108 Å². The third kappa shape index (κ3) is 7.96. The van der Waals surface area contributed by atoms with Gasteiger partial charge in [-0.2, -0.15) is 11.8 Å². The number of thioether (sulfide) groups is 1. The van der Waals surface area contributed by atoms with Crippen LogP contribution in [0.25, 0.3) is 11.1 Å². The van der Waals surface area contributed by atoms with Crippen molar-refractivity contribution in [2.24, 2.45) is 5.92 Å². The number of alkyl carbamates (subject to hydrolysis) is 1. The molecule has 1 saturated heterocycles. The van der Waals surface area contributed by atoms with E-state index in [1.807, 2.05) is 72.8 Å². The topological polar surface area (TPSA) is 97.3 Å². The van der Waals surface area contributed by atoms with Crippen molar-refractivity contribution in [2.45, 2.75) is 38.6 Å². The Morgan fingerprint density at radius 3 is 2.45 bits per heavy atom. The molecule has 4 rings (SSSR count). The van der Waals surface area contributed by atoms with Crippen molar-refractivity contribution < 1.29 is 29.2 Å². The number of aliphatic hydroxyl groups is 2. The summed E-state index contributed by atoms with van der Waals surface area (Å²) in [6.45, 7) is 6.34. The fraction of sp³-hybridized carbons (Fsp3) is 0.344. The van der Waals surface area contributed by atoms with Gasteiger partial charge < -0.3 is 29.7 Å². The number of hydrogen-bond acceptors (Lipinski definition) is 7. The average Bonchev–Trinajstić information content (AvgIpc) is 3.00. The van der Waals surface area contributed by atoms with Crippen LogP contribution in [-0.4, -0.2) is 47.1 Å². The first kappa shape index (κ1) is 29.8. The molecule has 3 N–H and O–H groups in total. The summed E-state index contributed by atoms with van der Waals surface area (Å²) in [5.74, 6) is 1.52. The Morgan fingerprint density at radius 1 is 1.00 bits per heavy atom. The molecule has 212 valence electrons. The number of ether oxygens (including phenoxy) is 3. The summed E-state index contributed by atoms with van der Waals surface area (Å²) in [5, 5.41) is 21.4. The van der Waals surface area contributed by atoms with E-state index in [-0.39, 0.29) is 37.9 Å². The molecule has 4 atom stereocenters. The van der Waals surface area contributed by atoms with Gasteiger partial charge in [0.1, 0.15) is 6.61 Å². The van der Waals surface area contributed by atoms with Gasteiger partial charge in [0.05, 0.1) is 25.4 Å². The molecular weight excluding hydrogens is 526 g/mol. The SMILES string of the molecule is C=CCOC(=O)NCc1cccc(-c2ccc([C@@H]3O[C@H](CSCCO)[C@H](C)[C@H](c4ccc(CO)cc4)O3)cc2)c1. The predicted molar refractivity (Wildman–Crippen MR) is 158 cm³/mol. The average molecular weight is 564 g/mol. The van der Waals surface area contributed by atoms with Gasteiger partial charge in [0.15, 0.2) is 6.29 Å². The standard InChI is InChI=1S/C32H37NO6S/c1-3-16-37-32(36)33-19-24-5-4-6-28(18-24)25-11-13-27(14-12-25)31-38-29(21-40-17-15-34)22(2)30(39-31)26-9-7-23(20-35)8-10-26/h3-14,18,22,29-31,34-35H,1,15-17,19-21H2,2H3,(H,33,36)/t22-,29+,30+,31+/m0/s1. The van der Waals surface area contributed by atoms with E-state index in [1.54, 1.807) is 11.8 Å². The molecule has 40 heavy (non-hydrogen) atoms. The lowest BCUT2D eigenvalue weighted by atomic mass is 9.91. The summed E-state index contributed by atoms with van der Waals surface area (Å²) in [6.07, 6.45) is 0.282. The highest BCUT2D eigenvalue weighted by Crippen LogP contribution is 2.42. The lowest BCUT2D eigenvalue weighted by Gasteiger charge is -2.41. The Labute approximate surface area is 240 Å².